The summed E-state index contributed by atoms with van der Waals surface area (Å²) in [5.41, 5.74) is 6.12. The molecule has 1 unspecified atom stereocenters. The molecule has 1 amide bonds. The number of benzene rings is 1. The van der Waals surface area contributed by atoms with E-state index in [1.807, 2.05) is 44.2 Å². The van der Waals surface area contributed by atoms with Gasteiger partial charge in [0, 0.05) is 6.54 Å². The quantitative estimate of drug-likeness (QED) is 0.793. The molecule has 0 aliphatic rings. The van der Waals surface area contributed by atoms with Crippen molar-refractivity contribution in [2.75, 3.05) is 13.1 Å². The van der Waals surface area contributed by atoms with Crippen LogP contribution >= 0.6 is 0 Å². The van der Waals surface area contributed by atoms with Gasteiger partial charge in [-0.2, -0.15) is 0 Å². The van der Waals surface area contributed by atoms with Gasteiger partial charge >= 0.3 is 0 Å². The van der Waals surface area contributed by atoms with Crippen molar-refractivity contribution in [3.05, 3.63) is 35.9 Å². The van der Waals surface area contributed by atoms with Crippen molar-refractivity contribution < 1.29 is 4.79 Å². The van der Waals surface area contributed by atoms with Gasteiger partial charge in [-0.05, 0) is 38.3 Å². The first kappa shape index (κ1) is 15.7. The highest BCUT2D eigenvalue weighted by molar-refractivity contribution is 5.87. The summed E-state index contributed by atoms with van der Waals surface area (Å²) in [5.74, 6) is 0.551. The van der Waals surface area contributed by atoms with Crippen LogP contribution in [0.1, 0.15) is 39.2 Å². The molecule has 0 aliphatic heterocycles. The van der Waals surface area contributed by atoms with Gasteiger partial charge in [-0.25, -0.2) is 0 Å². The van der Waals surface area contributed by atoms with Crippen LogP contribution in [0.5, 0.6) is 0 Å². The maximum absolute atomic E-state index is 12.3. The highest BCUT2D eigenvalue weighted by Gasteiger charge is 2.29. The molecule has 0 bridgehead atoms. The van der Waals surface area contributed by atoms with Crippen molar-refractivity contribution in [1.29, 1.82) is 0 Å². The van der Waals surface area contributed by atoms with E-state index in [9.17, 15) is 4.79 Å². The largest absolute Gasteiger partial charge is 0.355 e. The van der Waals surface area contributed by atoms with E-state index in [2.05, 4.69) is 12.2 Å². The summed E-state index contributed by atoms with van der Waals surface area (Å²) in [5, 5.41) is 3.06. The molecular weight excluding hydrogens is 236 g/mol. The monoisotopic (exact) mass is 262 g/mol. The Bertz CT molecular complexity index is 387. The molecule has 1 aromatic carbocycles. The second kappa shape index (κ2) is 7.29. The zero-order valence-electron chi connectivity index (χ0n) is 12.3. The number of amides is 1. The Hall–Kier alpha value is -1.35. The van der Waals surface area contributed by atoms with Crippen LogP contribution in [0.3, 0.4) is 0 Å². The van der Waals surface area contributed by atoms with E-state index < -0.39 is 5.41 Å². The zero-order chi connectivity index (χ0) is 14.3. The van der Waals surface area contributed by atoms with Gasteiger partial charge < -0.3 is 11.1 Å². The first-order chi connectivity index (χ1) is 9.02. The van der Waals surface area contributed by atoms with Crippen molar-refractivity contribution in [2.45, 2.75) is 39.0 Å². The Balaban J connectivity index is 2.62. The lowest BCUT2D eigenvalue weighted by Gasteiger charge is -2.25. The van der Waals surface area contributed by atoms with E-state index in [-0.39, 0.29) is 5.91 Å². The van der Waals surface area contributed by atoms with Gasteiger partial charge in [-0.1, -0.05) is 43.7 Å². The third-order valence-electron chi connectivity index (χ3n) is 3.77. The van der Waals surface area contributed by atoms with Crippen LogP contribution in [0.25, 0.3) is 0 Å². The Labute approximate surface area is 116 Å². The van der Waals surface area contributed by atoms with E-state index in [0.717, 1.165) is 18.4 Å². The minimum Gasteiger partial charge on any atom is -0.355 e. The van der Waals surface area contributed by atoms with Crippen LogP contribution in [0.4, 0.5) is 0 Å². The molecular formula is C16H26N2O. The lowest BCUT2D eigenvalue weighted by Crippen LogP contribution is -2.42. The molecule has 1 aromatic rings. The van der Waals surface area contributed by atoms with Crippen LogP contribution in [0, 0.1) is 5.92 Å². The highest BCUT2D eigenvalue weighted by atomic mass is 16.2. The summed E-state index contributed by atoms with van der Waals surface area (Å²) in [4.78, 5) is 12.3. The SMILES string of the molecule is CCC(CCN)CNC(=O)C(C)(C)c1ccccc1. The number of rotatable bonds is 7. The van der Waals surface area contributed by atoms with Crippen LogP contribution in [0.15, 0.2) is 30.3 Å². The summed E-state index contributed by atoms with van der Waals surface area (Å²) in [6.45, 7) is 7.44. The van der Waals surface area contributed by atoms with E-state index in [4.69, 9.17) is 5.73 Å². The molecule has 19 heavy (non-hydrogen) atoms. The second-order valence-corrected chi connectivity index (χ2v) is 5.55. The third-order valence-corrected chi connectivity index (χ3v) is 3.77. The summed E-state index contributed by atoms with van der Waals surface area (Å²) in [6, 6.07) is 9.89. The molecule has 0 aliphatic carbocycles. The molecule has 0 aromatic heterocycles. The number of nitrogens with two attached hydrogens (primary N) is 1. The van der Waals surface area contributed by atoms with Gasteiger partial charge in [-0.3, -0.25) is 4.79 Å². The topological polar surface area (TPSA) is 55.1 Å². The fraction of sp³-hybridized carbons (Fsp3) is 0.562. The Kier molecular flexibility index (Phi) is 6.03. The number of carbonyl (C=O) groups excluding carboxylic acids is 1. The first-order valence-electron chi connectivity index (χ1n) is 7.06. The van der Waals surface area contributed by atoms with Gasteiger partial charge in [0.25, 0.3) is 0 Å². The summed E-state index contributed by atoms with van der Waals surface area (Å²) in [6.07, 6.45) is 2.01. The zero-order valence-corrected chi connectivity index (χ0v) is 12.3. The maximum Gasteiger partial charge on any atom is 0.230 e. The molecule has 3 N–H and O–H groups in total. The van der Waals surface area contributed by atoms with Crippen LogP contribution in [-0.2, 0) is 10.2 Å². The van der Waals surface area contributed by atoms with E-state index in [1.54, 1.807) is 0 Å². The smallest absolute Gasteiger partial charge is 0.230 e. The average Bonchev–Trinajstić information content (AvgIpc) is 2.43. The molecule has 1 atom stereocenters. The molecule has 0 heterocycles. The third kappa shape index (κ3) is 4.35. The Morgan fingerprint density at radius 2 is 1.95 bits per heavy atom. The minimum absolute atomic E-state index is 0.0779. The summed E-state index contributed by atoms with van der Waals surface area (Å²) in [7, 11) is 0. The first-order valence-corrected chi connectivity index (χ1v) is 7.06. The van der Waals surface area contributed by atoms with Crippen LogP contribution < -0.4 is 11.1 Å². The second-order valence-electron chi connectivity index (χ2n) is 5.55. The maximum atomic E-state index is 12.3. The molecule has 0 saturated heterocycles. The molecule has 3 heteroatoms. The lowest BCUT2D eigenvalue weighted by molar-refractivity contribution is -0.125. The molecule has 0 fully saturated rings. The Morgan fingerprint density at radius 1 is 1.32 bits per heavy atom. The molecule has 3 nitrogen and oxygen atoms in total. The van der Waals surface area contributed by atoms with Crippen molar-refractivity contribution >= 4 is 5.91 Å². The summed E-state index contributed by atoms with van der Waals surface area (Å²) < 4.78 is 0. The fourth-order valence-electron chi connectivity index (χ4n) is 2.13. The van der Waals surface area contributed by atoms with Gasteiger partial charge in [0.15, 0.2) is 0 Å². The number of carbonyl (C=O) groups is 1. The van der Waals surface area contributed by atoms with Gasteiger partial charge in [0.2, 0.25) is 5.91 Å². The van der Waals surface area contributed by atoms with Crippen molar-refractivity contribution in [3.8, 4) is 0 Å². The molecule has 0 saturated carbocycles. The summed E-state index contributed by atoms with van der Waals surface area (Å²) >= 11 is 0. The highest BCUT2D eigenvalue weighted by Crippen LogP contribution is 2.23. The molecule has 0 radical (unpaired) electrons. The number of hydrogen-bond donors (Lipinski definition) is 2. The standard InChI is InChI=1S/C16H26N2O/c1-4-13(10-11-17)12-18-15(19)16(2,3)14-8-6-5-7-9-14/h5-9,13H,4,10-12,17H2,1-3H3,(H,18,19). The molecule has 106 valence electrons. The lowest BCUT2D eigenvalue weighted by atomic mass is 9.83. The van der Waals surface area contributed by atoms with Gasteiger partial charge in [0.05, 0.1) is 5.41 Å². The predicted octanol–water partition coefficient (Wildman–Crippen LogP) is 2.46. The van der Waals surface area contributed by atoms with Crippen molar-refractivity contribution in [1.82, 2.24) is 5.32 Å². The Morgan fingerprint density at radius 3 is 2.47 bits per heavy atom. The fourth-order valence-corrected chi connectivity index (χ4v) is 2.13. The van der Waals surface area contributed by atoms with E-state index in [1.165, 1.54) is 0 Å². The molecule has 0 spiro atoms. The van der Waals surface area contributed by atoms with E-state index in [0.29, 0.717) is 19.0 Å². The number of hydrogen-bond acceptors (Lipinski definition) is 2. The van der Waals surface area contributed by atoms with E-state index >= 15 is 0 Å². The predicted molar refractivity (Wildman–Crippen MR) is 79.9 cm³/mol. The van der Waals surface area contributed by atoms with Crippen molar-refractivity contribution in [3.63, 3.8) is 0 Å². The van der Waals surface area contributed by atoms with Crippen LogP contribution in [0.2, 0.25) is 0 Å². The normalized spacial score (nSPS) is 13.1. The molecule has 1 rings (SSSR count). The van der Waals surface area contributed by atoms with Crippen LogP contribution in [-0.4, -0.2) is 19.0 Å². The minimum atomic E-state index is -0.498. The van der Waals surface area contributed by atoms with Gasteiger partial charge in [0.1, 0.15) is 0 Å². The van der Waals surface area contributed by atoms with Crippen molar-refractivity contribution in [2.24, 2.45) is 11.7 Å². The number of nitrogens with one attached hydrogen (secondary N) is 1. The average molecular weight is 262 g/mol. The van der Waals surface area contributed by atoms with Gasteiger partial charge in [-0.15, -0.1) is 0 Å².